The van der Waals surface area contributed by atoms with Gasteiger partial charge in [-0.15, -0.1) is 0 Å². The Bertz CT molecular complexity index is 360. The van der Waals surface area contributed by atoms with Crippen molar-refractivity contribution in [1.29, 1.82) is 0 Å². The average molecular weight is 218 g/mol. The molecule has 0 bridgehead atoms. The maximum Gasteiger partial charge on any atom is 0.151 e. The molecule has 0 radical (unpaired) electrons. The second-order valence-corrected chi connectivity index (χ2v) is 5.22. The molecule has 0 amide bonds. The predicted octanol–water partition coefficient (Wildman–Crippen LogP) is 2.52. The van der Waals surface area contributed by atoms with E-state index in [1.807, 2.05) is 12.1 Å². The quantitative estimate of drug-likeness (QED) is 0.715. The zero-order valence-electron chi connectivity index (χ0n) is 9.94. The van der Waals surface area contributed by atoms with Crippen molar-refractivity contribution in [1.82, 2.24) is 4.98 Å². The number of anilines is 1. The monoisotopic (exact) mass is 218 g/mol. The third-order valence-corrected chi connectivity index (χ3v) is 3.35. The Morgan fingerprint density at radius 2 is 2.00 bits per heavy atom. The third kappa shape index (κ3) is 2.40. The van der Waals surface area contributed by atoms with Crippen molar-refractivity contribution in [3.05, 3.63) is 23.9 Å². The molecule has 16 heavy (non-hydrogen) atoms. The molecule has 1 aliphatic rings. The summed E-state index contributed by atoms with van der Waals surface area (Å²) in [4.78, 5) is 17.1. The van der Waals surface area contributed by atoms with Crippen molar-refractivity contribution in [2.45, 2.75) is 26.7 Å². The number of rotatable bonds is 2. The molecule has 1 saturated heterocycles. The SMILES string of the molecule is CC1(C)CCN(c2ccc(C=O)cn2)CC1. The summed E-state index contributed by atoms with van der Waals surface area (Å²) in [6.07, 6.45) is 4.87. The van der Waals surface area contributed by atoms with E-state index in [9.17, 15) is 4.79 Å². The van der Waals surface area contributed by atoms with Crippen molar-refractivity contribution in [2.75, 3.05) is 18.0 Å². The Hall–Kier alpha value is -1.38. The lowest BCUT2D eigenvalue weighted by atomic mass is 9.83. The Morgan fingerprint density at radius 1 is 1.31 bits per heavy atom. The summed E-state index contributed by atoms with van der Waals surface area (Å²) in [5.41, 5.74) is 1.10. The zero-order valence-corrected chi connectivity index (χ0v) is 9.94. The first-order valence-corrected chi connectivity index (χ1v) is 5.77. The lowest BCUT2D eigenvalue weighted by molar-refractivity contribution is 0.112. The fourth-order valence-electron chi connectivity index (χ4n) is 2.00. The summed E-state index contributed by atoms with van der Waals surface area (Å²) in [5, 5.41) is 0. The van der Waals surface area contributed by atoms with Gasteiger partial charge in [0.15, 0.2) is 6.29 Å². The van der Waals surface area contributed by atoms with Crippen molar-refractivity contribution in [2.24, 2.45) is 5.41 Å². The molecule has 1 aromatic rings. The van der Waals surface area contributed by atoms with Gasteiger partial charge in [0.25, 0.3) is 0 Å². The molecular formula is C13H18N2O. The van der Waals surface area contributed by atoms with Gasteiger partial charge in [0.2, 0.25) is 0 Å². The fraction of sp³-hybridized carbons (Fsp3) is 0.538. The van der Waals surface area contributed by atoms with Gasteiger partial charge in [0.1, 0.15) is 5.82 Å². The van der Waals surface area contributed by atoms with Gasteiger partial charge in [-0.25, -0.2) is 4.98 Å². The maximum atomic E-state index is 10.5. The van der Waals surface area contributed by atoms with Gasteiger partial charge in [0.05, 0.1) is 0 Å². The van der Waals surface area contributed by atoms with Crippen LogP contribution in [0.25, 0.3) is 0 Å². The van der Waals surface area contributed by atoms with Crippen molar-refractivity contribution < 1.29 is 4.79 Å². The highest BCUT2D eigenvalue weighted by Gasteiger charge is 2.25. The van der Waals surface area contributed by atoms with Crippen LogP contribution in [0.3, 0.4) is 0 Å². The minimum absolute atomic E-state index is 0.458. The molecule has 1 aliphatic heterocycles. The van der Waals surface area contributed by atoms with Gasteiger partial charge < -0.3 is 4.90 Å². The van der Waals surface area contributed by atoms with Gasteiger partial charge in [-0.1, -0.05) is 13.8 Å². The van der Waals surface area contributed by atoms with E-state index in [2.05, 4.69) is 23.7 Å². The molecule has 0 unspecified atom stereocenters. The fourth-order valence-corrected chi connectivity index (χ4v) is 2.00. The molecule has 2 heterocycles. The Balaban J connectivity index is 2.05. The number of piperidine rings is 1. The van der Waals surface area contributed by atoms with E-state index >= 15 is 0 Å². The third-order valence-electron chi connectivity index (χ3n) is 3.35. The number of carbonyl (C=O) groups is 1. The predicted molar refractivity (Wildman–Crippen MR) is 64.9 cm³/mol. The van der Waals surface area contributed by atoms with Crippen LogP contribution in [0, 0.1) is 5.41 Å². The number of nitrogens with zero attached hydrogens (tertiary/aromatic N) is 2. The molecule has 0 N–H and O–H groups in total. The first-order chi connectivity index (χ1) is 7.61. The lowest BCUT2D eigenvalue weighted by Crippen LogP contribution is -2.37. The van der Waals surface area contributed by atoms with E-state index in [4.69, 9.17) is 0 Å². The Kier molecular flexibility index (Phi) is 2.95. The minimum atomic E-state index is 0.458. The second-order valence-electron chi connectivity index (χ2n) is 5.22. The smallest absolute Gasteiger partial charge is 0.151 e. The molecule has 0 atom stereocenters. The molecule has 0 aromatic carbocycles. The zero-order chi connectivity index (χ0) is 11.6. The first-order valence-electron chi connectivity index (χ1n) is 5.77. The molecule has 0 aliphatic carbocycles. The number of hydrogen-bond donors (Lipinski definition) is 0. The van der Waals surface area contributed by atoms with E-state index < -0.39 is 0 Å². The number of aromatic nitrogens is 1. The van der Waals surface area contributed by atoms with E-state index in [0.717, 1.165) is 25.2 Å². The van der Waals surface area contributed by atoms with Gasteiger partial charge in [-0.2, -0.15) is 0 Å². The highest BCUT2D eigenvalue weighted by molar-refractivity contribution is 5.74. The Labute approximate surface area is 96.5 Å². The largest absolute Gasteiger partial charge is 0.357 e. The van der Waals surface area contributed by atoms with Crippen LogP contribution in [0.5, 0.6) is 0 Å². The summed E-state index contributed by atoms with van der Waals surface area (Å²) in [6, 6.07) is 3.76. The van der Waals surface area contributed by atoms with Crippen LogP contribution in [-0.2, 0) is 0 Å². The first kappa shape index (κ1) is 11.1. The molecule has 0 saturated carbocycles. The van der Waals surface area contributed by atoms with Gasteiger partial charge in [0, 0.05) is 24.8 Å². The molecular weight excluding hydrogens is 200 g/mol. The number of carbonyl (C=O) groups excluding carboxylic acids is 1. The number of hydrogen-bond acceptors (Lipinski definition) is 3. The standard InChI is InChI=1S/C13H18N2O/c1-13(2)5-7-15(8-6-13)12-4-3-11(10-16)9-14-12/h3-4,9-10H,5-8H2,1-2H3. The van der Waals surface area contributed by atoms with Crippen LogP contribution in [-0.4, -0.2) is 24.4 Å². The van der Waals surface area contributed by atoms with Crippen molar-refractivity contribution in [3.8, 4) is 0 Å². The van der Waals surface area contributed by atoms with E-state index in [1.54, 1.807) is 6.20 Å². The van der Waals surface area contributed by atoms with Gasteiger partial charge in [-0.05, 0) is 30.4 Å². The normalized spacial score (nSPS) is 19.5. The molecule has 1 aromatic heterocycles. The van der Waals surface area contributed by atoms with Crippen LogP contribution in [0.15, 0.2) is 18.3 Å². The highest BCUT2D eigenvalue weighted by atomic mass is 16.1. The number of aldehydes is 1. The summed E-state index contributed by atoms with van der Waals surface area (Å²) >= 11 is 0. The van der Waals surface area contributed by atoms with Crippen LogP contribution in [0.2, 0.25) is 0 Å². The maximum absolute atomic E-state index is 10.5. The Morgan fingerprint density at radius 3 is 2.50 bits per heavy atom. The topological polar surface area (TPSA) is 33.2 Å². The van der Waals surface area contributed by atoms with Gasteiger partial charge >= 0.3 is 0 Å². The summed E-state index contributed by atoms with van der Waals surface area (Å²) < 4.78 is 0. The molecule has 86 valence electrons. The number of pyridine rings is 1. The van der Waals surface area contributed by atoms with E-state index in [1.165, 1.54) is 12.8 Å². The summed E-state index contributed by atoms with van der Waals surface area (Å²) in [5.74, 6) is 0.987. The molecule has 3 nitrogen and oxygen atoms in total. The second kappa shape index (κ2) is 4.24. The van der Waals surface area contributed by atoms with E-state index in [-0.39, 0.29) is 0 Å². The van der Waals surface area contributed by atoms with Crippen molar-refractivity contribution in [3.63, 3.8) is 0 Å². The van der Waals surface area contributed by atoms with Crippen LogP contribution < -0.4 is 4.90 Å². The molecule has 3 heteroatoms. The van der Waals surface area contributed by atoms with E-state index in [0.29, 0.717) is 11.0 Å². The summed E-state index contributed by atoms with van der Waals surface area (Å²) in [6.45, 7) is 6.74. The van der Waals surface area contributed by atoms with Crippen molar-refractivity contribution >= 4 is 12.1 Å². The lowest BCUT2D eigenvalue weighted by Gasteiger charge is -2.37. The minimum Gasteiger partial charge on any atom is -0.357 e. The molecule has 1 fully saturated rings. The highest BCUT2D eigenvalue weighted by Crippen LogP contribution is 2.31. The summed E-state index contributed by atoms with van der Waals surface area (Å²) in [7, 11) is 0. The average Bonchev–Trinajstić information content (AvgIpc) is 2.29. The van der Waals surface area contributed by atoms with Crippen LogP contribution in [0.1, 0.15) is 37.0 Å². The molecule has 2 rings (SSSR count). The van der Waals surface area contributed by atoms with Crippen LogP contribution >= 0.6 is 0 Å². The van der Waals surface area contributed by atoms with Crippen LogP contribution in [0.4, 0.5) is 5.82 Å². The molecule has 0 spiro atoms. The van der Waals surface area contributed by atoms with Gasteiger partial charge in [-0.3, -0.25) is 4.79 Å².